The van der Waals surface area contributed by atoms with E-state index in [1.807, 2.05) is 36.4 Å². The summed E-state index contributed by atoms with van der Waals surface area (Å²) in [7, 11) is 0. The van der Waals surface area contributed by atoms with E-state index in [0.717, 1.165) is 24.2 Å². The average Bonchev–Trinajstić information content (AvgIpc) is 2.76. The number of hydrogen-bond donors (Lipinski definition) is 1. The smallest absolute Gasteiger partial charge is 0.253 e. The first kappa shape index (κ1) is 19.1. The number of anilines is 2. The van der Waals surface area contributed by atoms with Crippen LogP contribution < -0.4 is 5.32 Å². The number of nitrogens with zero attached hydrogens (tertiary/aromatic N) is 3. The van der Waals surface area contributed by atoms with Gasteiger partial charge in [0.1, 0.15) is 5.82 Å². The number of amides is 1. The molecule has 2 heterocycles. The van der Waals surface area contributed by atoms with Gasteiger partial charge in [-0.2, -0.15) is 0 Å². The maximum absolute atomic E-state index is 13.9. The second-order valence-electron chi connectivity index (χ2n) is 7.35. The molecule has 5 nitrogen and oxygen atoms in total. The molecule has 0 bridgehead atoms. The van der Waals surface area contributed by atoms with Gasteiger partial charge in [-0.1, -0.05) is 24.3 Å². The minimum Gasteiger partial charge on any atom is -0.338 e. The Morgan fingerprint density at radius 3 is 2.79 bits per heavy atom. The van der Waals surface area contributed by atoms with Crippen molar-refractivity contribution < 1.29 is 9.18 Å². The summed E-state index contributed by atoms with van der Waals surface area (Å²) < 4.78 is 13.9. The van der Waals surface area contributed by atoms with Crippen LogP contribution in [0.2, 0.25) is 0 Å². The predicted molar refractivity (Wildman–Crippen MR) is 111 cm³/mol. The van der Waals surface area contributed by atoms with E-state index in [-0.39, 0.29) is 17.6 Å². The van der Waals surface area contributed by atoms with Gasteiger partial charge in [0.05, 0.1) is 5.69 Å². The van der Waals surface area contributed by atoms with Crippen LogP contribution in [0, 0.1) is 12.7 Å². The Bertz CT molecular complexity index is 1010. The van der Waals surface area contributed by atoms with Gasteiger partial charge in [-0.05, 0) is 55.7 Å². The van der Waals surface area contributed by atoms with Crippen LogP contribution in [0.1, 0.15) is 40.4 Å². The van der Waals surface area contributed by atoms with Crippen molar-refractivity contribution in [2.75, 3.05) is 18.4 Å². The number of halogens is 1. The van der Waals surface area contributed by atoms with E-state index < -0.39 is 0 Å². The summed E-state index contributed by atoms with van der Waals surface area (Å²) in [5, 5.41) is 3.21. The SMILES string of the molecule is Cc1ccc(C(=O)N2CCCC(c3ccnc(Nc4ccccc4)n3)C2)cc1F. The van der Waals surface area contributed by atoms with E-state index in [0.29, 0.717) is 30.2 Å². The Morgan fingerprint density at radius 1 is 1.17 bits per heavy atom. The van der Waals surface area contributed by atoms with Crippen molar-refractivity contribution in [3.63, 3.8) is 0 Å². The van der Waals surface area contributed by atoms with Crippen LogP contribution in [0.25, 0.3) is 0 Å². The zero-order valence-corrected chi connectivity index (χ0v) is 16.3. The molecule has 4 rings (SSSR count). The van der Waals surface area contributed by atoms with Gasteiger partial charge in [0.2, 0.25) is 5.95 Å². The lowest BCUT2D eigenvalue weighted by Crippen LogP contribution is -2.39. The monoisotopic (exact) mass is 390 g/mol. The number of carbonyl (C=O) groups is 1. The zero-order chi connectivity index (χ0) is 20.2. The molecule has 1 unspecified atom stereocenters. The van der Waals surface area contributed by atoms with Crippen molar-refractivity contribution in [2.24, 2.45) is 0 Å². The fourth-order valence-electron chi connectivity index (χ4n) is 3.62. The second-order valence-corrected chi connectivity index (χ2v) is 7.35. The first-order valence-corrected chi connectivity index (χ1v) is 9.80. The van der Waals surface area contributed by atoms with Crippen LogP contribution >= 0.6 is 0 Å². The van der Waals surface area contributed by atoms with E-state index in [2.05, 4.69) is 15.3 Å². The summed E-state index contributed by atoms with van der Waals surface area (Å²) in [6.45, 7) is 2.93. The van der Waals surface area contributed by atoms with Crippen molar-refractivity contribution in [3.8, 4) is 0 Å². The molecular formula is C23H23FN4O. The summed E-state index contributed by atoms with van der Waals surface area (Å²) in [5.74, 6) is 0.183. The summed E-state index contributed by atoms with van der Waals surface area (Å²) in [6, 6.07) is 16.3. The third-order valence-electron chi connectivity index (χ3n) is 5.25. The fourth-order valence-corrected chi connectivity index (χ4v) is 3.62. The Hall–Kier alpha value is -3.28. The summed E-state index contributed by atoms with van der Waals surface area (Å²) in [5.41, 5.74) is 2.76. The molecule has 1 amide bonds. The fraction of sp³-hybridized carbons (Fsp3) is 0.261. The van der Waals surface area contributed by atoms with Gasteiger partial charge in [-0.25, -0.2) is 14.4 Å². The topological polar surface area (TPSA) is 58.1 Å². The molecule has 1 saturated heterocycles. The number of rotatable bonds is 4. The summed E-state index contributed by atoms with van der Waals surface area (Å²) in [4.78, 5) is 23.6. The van der Waals surface area contributed by atoms with Crippen LogP contribution in [0.3, 0.4) is 0 Å². The highest BCUT2D eigenvalue weighted by atomic mass is 19.1. The van der Waals surface area contributed by atoms with E-state index in [4.69, 9.17) is 0 Å². The van der Waals surface area contributed by atoms with Crippen molar-refractivity contribution >= 4 is 17.5 Å². The largest absolute Gasteiger partial charge is 0.338 e. The highest BCUT2D eigenvalue weighted by Gasteiger charge is 2.27. The van der Waals surface area contributed by atoms with E-state index in [9.17, 15) is 9.18 Å². The lowest BCUT2D eigenvalue weighted by molar-refractivity contribution is 0.0705. The molecule has 0 spiro atoms. The summed E-state index contributed by atoms with van der Waals surface area (Å²) in [6.07, 6.45) is 3.58. The van der Waals surface area contributed by atoms with Gasteiger partial charge in [0, 0.05) is 36.5 Å². The lowest BCUT2D eigenvalue weighted by Gasteiger charge is -2.32. The normalized spacial score (nSPS) is 16.5. The van der Waals surface area contributed by atoms with Crippen LogP contribution in [0.5, 0.6) is 0 Å². The van der Waals surface area contributed by atoms with E-state index in [1.165, 1.54) is 6.07 Å². The third-order valence-corrected chi connectivity index (χ3v) is 5.25. The highest BCUT2D eigenvalue weighted by Crippen LogP contribution is 2.27. The number of benzene rings is 2. The lowest BCUT2D eigenvalue weighted by atomic mass is 9.94. The van der Waals surface area contributed by atoms with Crippen molar-refractivity contribution in [3.05, 3.63) is 83.4 Å². The zero-order valence-electron chi connectivity index (χ0n) is 16.3. The molecule has 0 radical (unpaired) electrons. The van der Waals surface area contributed by atoms with E-state index >= 15 is 0 Å². The predicted octanol–water partition coefficient (Wildman–Crippen LogP) is 4.69. The minimum atomic E-state index is -0.350. The number of likely N-dealkylation sites (tertiary alicyclic amines) is 1. The number of piperidine rings is 1. The average molecular weight is 390 g/mol. The molecule has 0 aliphatic carbocycles. The van der Waals surface area contributed by atoms with Crippen molar-refractivity contribution in [2.45, 2.75) is 25.7 Å². The quantitative estimate of drug-likeness (QED) is 0.702. The van der Waals surface area contributed by atoms with Gasteiger partial charge < -0.3 is 10.2 Å². The standard InChI is InChI=1S/C23H23FN4O/c1-16-9-10-17(14-20(16)24)22(29)28-13-5-6-18(15-28)21-11-12-25-23(27-21)26-19-7-3-2-4-8-19/h2-4,7-12,14,18H,5-6,13,15H2,1H3,(H,25,26,27). The molecule has 1 atom stereocenters. The van der Waals surface area contributed by atoms with Crippen LogP contribution in [0.15, 0.2) is 60.8 Å². The van der Waals surface area contributed by atoms with Crippen LogP contribution in [0.4, 0.5) is 16.0 Å². The van der Waals surface area contributed by atoms with Gasteiger partial charge in [-0.15, -0.1) is 0 Å². The number of nitrogens with one attached hydrogen (secondary N) is 1. The van der Waals surface area contributed by atoms with Crippen LogP contribution in [-0.2, 0) is 0 Å². The third kappa shape index (κ3) is 4.42. The molecule has 3 aromatic rings. The number of carbonyl (C=O) groups excluding carboxylic acids is 1. The minimum absolute atomic E-state index is 0.127. The van der Waals surface area contributed by atoms with Crippen molar-refractivity contribution in [1.82, 2.24) is 14.9 Å². The Kier molecular flexibility index (Phi) is 5.51. The van der Waals surface area contributed by atoms with E-state index in [1.54, 1.807) is 30.2 Å². The van der Waals surface area contributed by atoms with Crippen molar-refractivity contribution in [1.29, 1.82) is 0 Å². The Balaban J connectivity index is 1.49. The molecular weight excluding hydrogens is 367 g/mol. The van der Waals surface area contributed by atoms with Gasteiger partial charge in [0.15, 0.2) is 0 Å². The first-order chi connectivity index (χ1) is 14.1. The molecule has 1 N–H and O–H groups in total. The number of hydrogen-bond acceptors (Lipinski definition) is 4. The summed E-state index contributed by atoms with van der Waals surface area (Å²) >= 11 is 0. The Labute approximate surface area is 169 Å². The number of para-hydroxylation sites is 1. The first-order valence-electron chi connectivity index (χ1n) is 9.80. The molecule has 6 heteroatoms. The maximum Gasteiger partial charge on any atom is 0.253 e. The molecule has 1 aliphatic rings. The molecule has 1 aromatic heterocycles. The molecule has 1 fully saturated rings. The molecule has 148 valence electrons. The maximum atomic E-state index is 13.9. The van der Waals surface area contributed by atoms with Gasteiger partial charge >= 0.3 is 0 Å². The molecule has 29 heavy (non-hydrogen) atoms. The molecule has 1 aliphatic heterocycles. The van der Waals surface area contributed by atoms with Gasteiger partial charge in [-0.3, -0.25) is 4.79 Å². The highest BCUT2D eigenvalue weighted by molar-refractivity contribution is 5.94. The van der Waals surface area contributed by atoms with Gasteiger partial charge in [0.25, 0.3) is 5.91 Å². The number of aryl methyl sites for hydroxylation is 1. The van der Waals surface area contributed by atoms with Crippen LogP contribution in [-0.4, -0.2) is 33.9 Å². The second kappa shape index (κ2) is 8.39. The number of aromatic nitrogens is 2. The Morgan fingerprint density at radius 2 is 2.00 bits per heavy atom. The molecule has 0 saturated carbocycles. The molecule has 2 aromatic carbocycles.